The number of carboxylic acid groups (broad SMARTS) is 1. The Kier molecular flexibility index (Phi) is 6.46. The van der Waals surface area contributed by atoms with Gasteiger partial charge in [-0.25, -0.2) is 19.5 Å². The Morgan fingerprint density at radius 3 is 2.50 bits per heavy atom. The minimum Gasteiger partial charge on any atom is -0.465 e. The van der Waals surface area contributed by atoms with Crippen molar-refractivity contribution in [3.63, 3.8) is 0 Å². The van der Waals surface area contributed by atoms with Gasteiger partial charge in [0, 0.05) is 6.54 Å². The number of hydrogen-bond acceptors (Lipinski definition) is 5. The summed E-state index contributed by atoms with van der Waals surface area (Å²) in [6.07, 6.45) is -0.835. The van der Waals surface area contributed by atoms with E-state index in [-0.39, 0.29) is 18.4 Å². The van der Waals surface area contributed by atoms with Crippen LogP contribution in [0.1, 0.15) is 31.0 Å². The molecule has 0 atom stereocenters. The average Bonchev–Trinajstić information content (AvgIpc) is 3.15. The molecule has 8 heteroatoms. The summed E-state index contributed by atoms with van der Waals surface area (Å²) in [7, 11) is 0. The summed E-state index contributed by atoms with van der Waals surface area (Å²) in [4.78, 5) is 40.7. The number of fused-ring (bicyclic) bond motifs is 1. The standard InChI is InChI=1S/C22H23N3O5/c1-14(2)10-11-25(22(28)29)21(27)23-13-18(26)20-24-17-12-16(8-9-19(17)30-20)15-6-4-3-5-7-15/h3-9,12,14H,10-11,13H2,1-2H3,(H,23,27)(H,28,29). The van der Waals surface area contributed by atoms with Crippen molar-refractivity contribution >= 4 is 29.0 Å². The van der Waals surface area contributed by atoms with Crippen molar-refractivity contribution in [2.75, 3.05) is 13.1 Å². The summed E-state index contributed by atoms with van der Waals surface area (Å²) in [5.74, 6) is -0.448. The summed E-state index contributed by atoms with van der Waals surface area (Å²) in [6.45, 7) is 3.50. The largest absolute Gasteiger partial charge is 0.465 e. The van der Waals surface area contributed by atoms with Crippen LogP contribution in [0.3, 0.4) is 0 Å². The monoisotopic (exact) mass is 409 g/mol. The molecule has 0 saturated carbocycles. The SMILES string of the molecule is CC(C)CCN(C(=O)O)C(=O)NCC(=O)c1nc2cc(-c3ccccc3)ccc2o1. The fourth-order valence-corrected chi connectivity index (χ4v) is 2.86. The molecule has 0 saturated heterocycles. The summed E-state index contributed by atoms with van der Waals surface area (Å²) >= 11 is 0. The minimum absolute atomic E-state index is 0.0537. The van der Waals surface area contributed by atoms with Crippen molar-refractivity contribution in [3.8, 4) is 11.1 Å². The van der Waals surface area contributed by atoms with Gasteiger partial charge in [0.1, 0.15) is 5.52 Å². The maximum Gasteiger partial charge on any atom is 0.415 e. The normalized spacial score (nSPS) is 10.9. The first kappa shape index (κ1) is 21.0. The van der Waals surface area contributed by atoms with E-state index in [0.717, 1.165) is 11.1 Å². The van der Waals surface area contributed by atoms with Crippen LogP contribution in [0.2, 0.25) is 0 Å². The summed E-state index contributed by atoms with van der Waals surface area (Å²) in [5.41, 5.74) is 2.92. The third-order valence-corrected chi connectivity index (χ3v) is 4.54. The Morgan fingerprint density at radius 1 is 1.10 bits per heavy atom. The number of aromatic nitrogens is 1. The van der Waals surface area contributed by atoms with E-state index < -0.39 is 24.5 Å². The fourth-order valence-electron chi connectivity index (χ4n) is 2.86. The van der Waals surface area contributed by atoms with Gasteiger partial charge in [-0.05, 0) is 35.6 Å². The van der Waals surface area contributed by atoms with Gasteiger partial charge >= 0.3 is 12.1 Å². The van der Waals surface area contributed by atoms with Gasteiger partial charge in [-0.3, -0.25) is 4.79 Å². The Labute approximate surface area is 173 Å². The van der Waals surface area contributed by atoms with Crippen LogP contribution in [0.5, 0.6) is 0 Å². The van der Waals surface area contributed by atoms with E-state index in [4.69, 9.17) is 4.42 Å². The van der Waals surface area contributed by atoms with Gasteiger partial charge in [0.05, 0.1) is 6.54 Å². The molecule has 1 heterocycles. The number of amides is 3. The van der Waals surface area contributed by atoms with Crippen molar-refractivity contribution in [2.24, 2.45) is 5.92 Å². The highest BCUT2D eigenvalue weighted by atomic mass is 16.4. The second-order valence-electron chi connectivity index (χ2n) is 7.27. The lowest BCUT2D eigenvalue weighted by atomic mass is 10.1. The predicted octanol–water partition coefficient (Wildman–Crippen LogP) is 4.41. The zero-order valence-corrected chi connectivity index (χ0v) is 16.8. The lowest BCUT2D eigenvalue weighted by molar-refractivity contribution is 0.0955. The lowest BCUT2D eigenvalue weighted by Crippen LogP contribution is -2.45. The number of carbonyl (C=O) groups excluding carboxylic acids is 2. The van der Waals surface area contributed by atoms with Crippen molar-refractivity contribution in [2.45, 2.75) is 20.3 Å². The molecule has 2 aromatic carbocycles. The molecule has 0 spiro atoms. The maximum absolute atomic E-state index is 12.4. The van der Waals surface area contributed by atoms with Crippen LogP contribution >= 0.6 is 0 Å². The third-order valence-electron chi connectivity index (χ3n) is 4.54. The number of imide groups is 1. The maximum atomic E-state index is 12.4. The molecule has 0 unspecified atom stereocenters. The molecule has 3 aromatic rings. The Balaban J connectivity index is 1.67. The van der Waals surface area contributed by atoms with Gasteiger partial charge in [-0.1, -0.05) is 50.2 Å². The smallest absolute Gasteiger partial charge is 0.415 e. The molecular weight excluding hydrogens is 386 g/mol. The molecule has 0 aliphatic heterocycles. The number of nitrogens with one attached hydrogen (secondary N) is 1. The van der Waals surface area contributed by atoms with Gasteiger partial charge in [-0.15, -0.1) is 0 Å². The molecule has 0 aliphatic rings. The van der Waals surface area contributed by atoms with Crippen LogP contribution in [0.15, 0.2) is 52.9 Å². The predicted molar refractivity (Wildman–Crippen MR) is 111 cm³/mol. The first-order valence-electron chi connectivity index (χ1n) is 9.62. The highest BCUT2D eigenvalue weighted by Crippen LogP contribution is 2.24. The van der Waals surface area contributed by atoms with Crippen molar-refractivity contribution in [3.05, 3.63) is 54.4 Å². The van der Waals surface area contributed by atoms with E-state index in [0.29, 0.717) is 22.4 Å². The number of ketones is 1. The number of benzene rings is 2. The molecular formula is C22H23N3O5. The van der Waals surface area contributed by atoms with E-state index in [1.54, 1.807) is 6.07 Å². The topological polar surface area (TPSA) is 113 Å². The molecule has 0 fully saturated rings. The first-order valence-corrected chi connectivity index (χ1v) is 9.62. The van der Waals surface area contributed by atoms with E-state index >= 15 is 0 Å². The quantitative estimate of drug-likeness (QED) is 0.559. The van der Waals surface area contributed by atoms with Crippen LogP contribution in [-0.4, -0.2) is 46.0 Å². The summed E-state index contributed by atoms with van der Waals surface area (Å²) in [5, 5.41) is 11.5. The zero-order chi connectivity index (χ0) is 21.7. The Hall–Kier alpha value is -3.68. The average molecular weight is 409 g/mol. The Bertz CT molecular complexity index is 1060. The van der Waals surface area contributed by atoms with Crippen LogP contribution in [0.25, 0.3) is 22.2 Å². The van der Waals surface area contributed by atoms with Crippen LogP contribution in [-0.2, 0) is 0 Å². The van der Waals surface area contributed by atoms with Crippen molar-refractivity contribution < 1.29 is 23.9 Å². The first-order chi connectivity index (χ1) is 14.3. The molecule has 156 valence electrons. The number of rotatable bonds is 7. The molecule has 3 amide bonds. The molecule has 8 nitrogen and oxygen atoms in total. The molecule has 0 radical (unpaired) electrons. The fraction of sp³-hybridized carbons (Fsp3) is 0.273. The second-order valence-corrected chi connectivity index (χ2v) is 7.27. The number of oxazole rings is 1. The van der Waals surface area contributed by atoms with E-state index in [9.17, 15) is 19.5 Å². The summed E-state index contributed by atoms with van der Waals surface area (Å²) < 4.78 is 5.50. The molecule has 0 aliphatic carbocycles. The molecule has 3 rings (SSSR count). The Morgan fingerprint density at radius 2 is 1.83 bits per heavy atom. The minimum atomic E-state index is -1.36. The highest BCUT2D eigenvalue weighted by Gasteiger charge is 2.22. The van der Waals surface area contributed by atoms with Crippen LogP contribution < -0.4 is 5.32 Å². The number of carbonyl (C=O) groups is 3. The number of hydrogen-bond donors (Lipinski definition) is 2. The number of urea groups is 1. The molecule has 30 heavy (non-hydrogen) atoms. The highest BCUT2D eigenvalue weighted by molar-refractivity contribution is 5.99. The van der Waals surface area contributed by atoms with E-state index in [2.05, 4.69) is 10.3 Å². The van der Waals surface area contributed by atoms with Gasteiger partial charge in [0.15, 0.2) is 5.58 Å². The van der Waals surface area contributed by atoms with Crippen molar-refractivity contribution in [1.29, 1.82) is 0 Å². The van der Waals surface area contributed by atoms with E-state index in [1.165, 1.54) is 0 Å². The number of nitrogens with zero attached hydrogens (tertiary/aromatic N) is 2. The van der Waals surface area contributed by atoms with Gasteiger partial charge < -0.3 is 14.8 Å². The van der Waals surface area contributed by atoms with Gasteiger partial charge in [-0.2, -0.15) is 0 Å². The molecule has 2 N–H and O–H groups in total. The second kappa shape index (κ2) is 9.21. The van der Waals surface area contributed by atoms with E-state index in [1.807, 2.05) is 56.3 Å². The lowest BCUT2D eigenvalue weighted by Gasteiger charge is -2.18. The van der Waals surface area contributed by atoms with Crippen LogP contribution in [0, 0.1) is 5.92 Å². The summed E-state index contributed by atoms with van der Waals surface area (Å²) in [6, 6.07) is 14.3. The molecule has 1 aromatic heterocycles. The van der Waals surface area contributed by atoms with Gasteiger partial charge in [0.2, 0.25) is 5.78 Å². The zero-order valence-electron chi connectivity index (χ0n) is 16.8. The molecule has 0 bridgehead atoms. The van der Waals surface area contributed by atoms with Crippen LogP contribution in [0.4, 0.5) is 9.59 Å². The van der Waals surface area contributed by atoms with Gasteiger partial charge in [0.25, 0.3) is 5.89 Å². The number of Topliss-reactive ketones (excluding diaryl/α,β-unsaturated/α-hetero) is 1. The third kappa shape index (κ3) is 5.02. The van der Waals surface area contributed by atoms with Crippen molar-refractivity contribution in [1.82, 2.24) is 15.2 Å².